The lowest BCUT2D eigenvalue weighted by molar-refractivity contribution is -0.117. The summed E-state index contributed by atoms with van der Waals surface area (Å²) in [4.78, 5) is 18.8. The SMILES string of the molecule is CCN(CC)CCn1c(NC(=O)[C@@H](C)N)nc2ccccc21.Cl.Cl. The minimum Gasteiger partial charge on any atom is -0.320 e. The van der Waals surface area contributed by atoms with Crippen molar-refractivity contribution in [1.29, 1.82) is 0 Å². The van der Waals surface area contributed by atoms with E-state index in [1.807, 2.05) is 28.8 Å². The Labute approximate surface area is 155 Å². The summed E-state index contributed by atoms with van der Waals surface area (Å²) in [6.07, 6.45) is 0. The Balaban J connectivity index is 0.00000264. The molecule has 6 nitrogen and oxygen atoms in total. The molecule has 8 heteroatoms. The van der Waals surface area contributed by atoms with Crippen LogP contribution in [-0.2, 0) is 11.3 Å². The third-order valence-corrected chi connectivity index (χ3v) is 3.84. The van der Waals surface area contributed by atoms with Crippen LogP contribution in [0, 0.1) is 0 Å². The first-order chi connectivity index (χ1) is 10.6. The van der Waals surface area contributed by atoms with Crippen molar-refractivity contribution in [1.82, 2.24) is 14.5 Å². The molecule has 1 amide bonds. The van der Waals surface area contributed by atoms with Crippen LogP contribution in [0.1, 0.15) is 20.8 Å². The molecule has 0 saturated carbocycles. The molecule has 0 radical (unpaired) electrons. The molecule has 0 bridgehead atoms. The van der Waals surface area contributed by atoms with Gasteiger partial charge in [0.05, 0.1) is 17.1 Å². The van der Waals surface area contributed by atoms with Gasteiger partial charge in [-0.05, 0) is 32.1 Å². The molecule has 0 aliphatic heterocycles. The molecule has 136 valence electrons. The van der Waals surface area contributed by atoms with Crippen molar-refractivity contribution in [3.63, 3.8) is 0 Å². The first-order valence-corrected chi connectivity index (χ1v) is 7.80. The normalized spacial score (nSPS) is 11.7. The number of nitrogens with two attached hydrogens (primary N) is 1. The van der Waals surface area contributed by atoms with Crippen molar-refractivity contribution in [3.8, 4) is 0 Å². The predicted molar refractivity (Wildman–Crippen MR) is 104 cm³/mol. The molecule has 1 aromatic heterocycles. The van der Waals surface area contributed by atoms with Crippen LogP contribution >= 0.6 is 24.8 Å². The number of hydrogen-bond donors (Lipinski definition) is 2. The molecule has 2 aromatic rings. The summed E-state index contributed by atoms with van der Waals surface area (Å²) < 4.78 is 2.05. The number of imidazole rings is 1. The fraction of sp³-hybridized carbons (Fsp3) is 0.500. The van der Waals surface area contributed by atoms with Gasteiger partial charge in [-0.15, -0.1) is 24.8 Å². The van der Waals surface area contributed by atoms with E-state index >= 15 is 0 Å². The lowest BCUT2D eigenvalue weighted by Gasteiger charge is -2.19. The van der Waals surface area contributed by atoms with Crippen LogP contribution in [0.5, 0.6) is 0 Å². The number of carbonyl (C=O) groups excluding carboxylic acids is 1. The Hall–Kier alpha value is -1.34. The molecule has 0 fully saturated rings. The molecule has 0 spiro atoms. The Bertz CT molecular complexity index is 640. The van der Waals surface area contributed by atoms with Crippen LogP contribution in [0.4, 0.5) is 5.95 Å². The summed E-state index contributed by atoms with van der Waals surface area (Å²) in [6, 6.07) is 7.34. The first-order valence-electron chi connectivity index (χ1n) is 7.80. The van der Waals surface area contributed by atoms with Crippen molar-refractivity contribution in [2.75, 3.05) is 25.0 Å². The van der Waals surface area contributed by atoms with E-state index in [2.05, 4.69) is 29.0 Å². The van der Waals surface area contributed by atoms with Gasteiger partial charge in [-0.25, -0.2) is 4.98 Å². The number of para-hydroxylation sites is 2. The summed E-state index contributed by atoms with van der Waals surface area (Å²) in [5, 5.41) is 2.83. The van der Waals surface area contributed by atoms with Crippen molar-refractivity contribution < 1.29 is 4.79 Å². The molecular formula is C16H27Cl2N5O. The largest absolute Gasteiger partial charge is 0.320 e. The van der Waals surface area contributed by atoms with Gasteiger partial charge in [0.15, 0.2) is 0 Å². The molecule has 24 heavy (non-hydrogen) atoms. The number of benzene rings is 1. The summed E-state index contributed by atoms with van der Waals surface area (Å²) in [5.41, 5.74) is 7.54. The van der Waals surface area contributed by atoms with Gasteiger partial charge >= 0.3 is 0 Å². The Morgan fingerprint density at radius 1 is 1.29 bits per heavy atom. The number of amides is 1. The average Bonchev–Trinajstić information content (AvgIpc) is 2.85. The smallest absolute Gasteiger partial charge is 0.243 e. The van der Waals surface area contributed by atoms with Gasteiger partial charge in [0.2, 0.25) is 11.9 Å². The van der Waals surface area contributed by atoms with E-state index in [0.717, 1.165) is 37.2 Å². The standard InChI is InChI=1S/C16H25N5O.2ClH/c1-4-20(5-2)10-11-21-14-9-7-6-8-13(14)18-16(21)19-15(22)12(3)17;;/h6-9,12H,4-5,10-11,17H2,1-3H3,(H,18,19,22);2*1H/t12-;;/m1../s1. The summed E-state index contributed by atoms with van der Waals surface area (Å²) >= 11 is 0. The van der Waals surface area contributed by atoms with Crippen LogP contribution in [0.25, 0.3) is 11.0 Å². The van der Waals surface area contributed by atoms with Gasteiger partial charge in [0.1, 0.15) is 0 Å². The van der Waals surface area contributed by atoms with Crippen LogP contribution < -0.4 is 11.1 Å². The van der Waals surface area contributed by atoms with Gasteiger partial charge in [0, 0.05) is 13.1 Å². The van der Waals surface area contributed by atoms with E-state index in [9.17, 15) is 4.79 Å². The van der Waals surface area contributed by atoms with Crippen LogP contribution in [0.2, 0.25) is 0 Å². The Morgan fingerprint density at radius 2 is 1.92 bits per heavy atom. The van der Waals surface area contributed by atoms with Gasteiger partial charge in [-0.3, -0.25) is 10.1 Å². The summed E-state index contributed by atoms with van der Waals surface area (Å²) in [5.74, 6) is 0.343. The molecule has 0 aliphatic rings. The number of hydrogen-bond acceptors (Lipinski definition) is 4. The number of nitrogens with zero attached hydrogens (tertiary/aromatic N) is 3. The molecule has 0 unspecified atom stereocenters. The maximum atomic E-state index is 11.9. The minimum absolute atomic E-state index is 0. The van der Waals surface area contributed by atoms with Gasteiger partial charge in [-0.1, -0.05) is 26.0 Å². The highest BCUT2D eigenvalue weighted by atomic mass is 35.5. The lowest BCUT2D eigenvalue weighted by atomic mass is 10.3. The molecule has 0 saturated heterocycles. The molecule has 2 rings (SSSR count). The minimum atomic E-state index is -0.559. The third kappa shape index (κ3) is 5.34. The van der Waals surface area contributed by atoms with Crippen molar-refractivity contribution in [2.24, 2.45) is 5.73 Å². The number of carbonyl (C=O) groups is 1. The Morgan fingerprint density at radius 3 is 2.50 bits per heavy atom. The van der Waals surface area contributed by atoms with Crippen molar-refractivity contribution in [3.05, 3.63) is 24.3 Å². The molecule has 1 atom stereocenters. The fourth-order valence-electron chi connectivity index (χ4n) is 2.40. The zero-order valence-electron chi connectivity index (χ0n) is 14.4. The van der Waals surface area contributed by atoms with Gasteiger partial charge in [-0.2, -0.15) is 0 Å². The van der Waals surface area contributed by atoms with E-state index in [0.29, 0.717) is 5.95 Å². The molecule has 0 aliphatic carbocycles. The average molecular weight is 376 g/mol. The molecule has 1 aromatic carbocycles. The van der Waals surface area contributed by atoms with E-state index in [4.69, 9.17) is 5.73 Å². The highest BCUT2D eigenvalue weighted by Gasteiger charge is 2.15. The topological polar surface area (TPSA) is 76.2 Å². The van der Waals surface area contributed by atoms with E-state index in [1.165, 1.54) is 0 Å². The highest BCUT2D eigenvalue weighted by Crippen LogP contribution is 2.19. The molecule has 3 N–H and O–H groups in total. The van der Waals surface area contributed by atoms with Gasteiger partial charge < -0.3 is 15.2 Å². The Kier molecular flexibility index (Phi) is 9.92. The van der Waals surface area contributed by atoms with E-state index in [1.54, 1.807) is 6.92 Å². The third-order valence-electron chi connectivity index (χ3n) is 3.84. The predicted octanol–water partition coefficient (Wildman–Crippen LogP) is 2.51. The van der Waals surface area contributed by atoms with Crippen LogP contribution in [0.15, 0.2) is 24.3 Å². The molecular weight excluding hydrogens is 349 g/mol. The number of aromatic nitrogens is 2. The van der Waals surface area contributed by atoms with Crippen molar-refractivity contribution in [2.45, 2.75) is 33.4 Å². The zero-order chi connectivity index (χ0) is 16.1. The summed E-state index contributed by atoms with van der Waals surface area (Å²) in [7, 11) is 0. The number of rotatable bonds is 7. The number of likely N-dealkylation sites (N-methyl/N-ethyl adjacent to an activating group) is 1. The van der Waals surface area contributed by atoms with Crippen molar-refractivity contribution >= 4 is 47.7 Å². The number of anilines is 1. The van der Waals surface area contributed by atoms with Crippen LogP contribution in [0.3, 0.4) is 0 Å². The zero-order valence-corrected chi connectivity index (χ0v) is 16.0. The van der Waals surface area contributed by atoms with E-state index in [-0.39, 0.29) is 30.7 Å². The monoisotopic (exact) mass is 375 g/mol. The fourth-order valence-corrected chi connectivity index (χ4v) is 2.40. The first kappa shape index (κ1) is 22.7. The second-order valence-corrected chi connectivity index (χ2v) is 5.38. The maximum Gasteiger partial charge on any atom is 0.243 e. The molecule has 1 heterocycles. The van der Waals surface area contributed by atoms with Crippen LogP contribution in [-0.4, -0.2) is 46.0 Å². The quantitative estimate of drug-likeness (QED) is 0.779. The second kappa shape index (κ2) is 10.5. The number of fused-ring (bicyclic) bond motifs is 1. The number of halogens is 2. The second-order valence-electron chi connectivity index (χ2n) is 5.38. The lowest BCUT2D eigenvalue weighted by Crippen LogP contribution is -2.34. The highest BCUT2D eigenvalue weighted by molar-refractivity contribution is 5.94. The maximum absolute atomic E-state index is 11.9. The van der Waals surface area contributed by atoms with E-state index < -0.39 is 6.04 Å². The summed E-state index contributed by atoms with van der Waals surface area (Å²) in [6.45, 7) is 9.65. The number of nitrogens with one attached hydrogen (secondary N) is 1. The van der Waals surface area contributed by atoms with Gasteiger partial charge in [0.25, 0.3) is 0 Å².